The van der Waals surface area contributed by atoms with E-state index in [0.29, 0.717) is 5.82 Å². The van der Waals surface area contributed by atoms with Crippen LogP contribution in [-0.2, 0) is 15.9 Å². The van der Waals surface area contributed by atoms with Crippen LogP contribution in [0.4, 0.5) is 5.82 Å². The molecule has 0 unspecified atom stereocenters. The molecule has 0 aliphatic carbocycles. The molecule has 0 bridgehead atoms. The number of hydrogen-bond donors (Lipinski definition) is 1. The Morgan fingerprint density at radius 1 is 1.54 bits per heavy atom. The van der Waals surface area contributed by atoms with Crippen molar-refractivity contribution in [2.24, 2.45) is 0 Å². The van der Waals surface area contributed by atoms with E-state index in [1.54, 1.807) is 6.20 Å². The summed E-state index contributed by atoms with van der Waals surface area (Å²) >= 11 is 0. The molecule has 4 heteroatoms. The molecule has 0 atom stereocenters. The highest BCUT2D eigenvalue weighted by molar-refractivity contribution is 5.31. The Morgan fingerprint density at radius 3 is 2.92 bits per heavy atom. The SMILES string of the molecule is CC1OC(Cc2ccnc(N)c2)O1. The van der Waals surface area contributed by atoms with Crippen LogP contribution in [0.15, 0.2) is 18.3 Å². The van der Waals surface area contributed by atoms with Crippen LogP contribution in [0, 0.1) is 0 Å². The zero-order valence-electron chi connectivity index (χ0n) is 7.43. The number of nitrogens with two attached hydrogens (primary N) is 1. The van der Waals surface area contributed by atoms with Crippen LogP contribution in [0.3, 0.4) is 0 Å². The van der Waals surface area contributed by atoms with Crippen molar-refractivity contribution in [2.45, 2.75) is 25.9 Å². The van der Waals surface area contributed by atoms with Crippen molar-refractivity contribution >= 4 is 5.82 Å². The summed E-state index contributed by atoms with van der Waals surface area (Å²) in [6.07, 6.45) is 2.24. The number of ether oxygens (including phenoxy) is 2. The van der Waals surface area contributed by atoms with Crippen molar-refractivity contribution in [3.05, 3.63) is 23.9 Å². The van der Waals surface area contributed by atoms with Crippen molar-refractivity contribution in [3.63, 3.8) is 0 Å². The number of anilines is 1. The summed E-state index contributed by atoms with van der Waals surface area (Å²) in [4.78, 5) is 3.90. The topological polar surface area (TPSA) is 57.4 Å². The monoisotopic (exact) mass is 180 g/mol. The summed E-state index contributed by atoms with van der Waals surface area (Å²) in [7, 11) is 0. The second-order valence-electron chi connectivity index (χ2n) is 3.06. The van der Waals surface area contributed by atoms with Crippen molar-refractivity contribution < 1.29 is 9.47 Å². The van der Waals surface area contributed by atoms with E-state index >= 15 is 0 Å². The summed E-state index contributed by atoms with van der Waals surface area (Å²) in [5, 5.41) is 0. The summed E-state index contributed by atoms with van der Waals surface area (Å²) in [5.41, 5.74) is 6.62. The highest BCUT2D eigenvalue weighted by atomic mass is 16.9. The van der Waals surface area contributed by atoms with E-state index in [1.165, 1.54) is 0 Å². The Bertz CT molecular complexity index is 297. The van der Waals surface area contributed by atoms with Crippen LogP contribution in [0.1, 0.15) is 12.5 Å². The average Bonchev–Trinajstić information content (AvgIpc) is 2.01. The van der Waals surface area contributed by atoms with E-state index in [-0.39, 0.29) is 12.6 Å². The van der Waals surface area contributed by atoms with E-state index < -0.39 is 0 Å². The second-order valence-corrected chi connectivity index (χ2v) is 3.06. The minimum absolute atomic E-state index is 0.0656. The first-order chi connectivity index (χ1) is 6.24. The number of rotatable bonds is 2. The van der Waals surface area contributed by atoms with Crippen molar-refractivity contribution in [1.29, 1.82) is 0 Å². The highest BCUT2D eigenvalue weighted by Crippen LogP contribution is 2.20. The van der Waals surface area contributed by atoms with Gasteiger partial charge in [0.25, 0.3) is 0 Å². The standard InChI is InChI=1S/C9H12N2O2/c1-6-12-9(13-6)5-7-2-3-11-8(10)4-7/h2-4,6,9H,5H2,1H3,(H2,10,11). The lowest BCUT2D eigenvalue weighted by molar-refractivity contribution is -0.374. The van der Waals surface area contributed by atoms with Crippen LogP contribution in [-0.4, -0.2) is 17.6 Å². The van der Waals surface area contributed by atoms with E-state index in [0.717, 1.165) is 12.0 Å². The third kappa shape index (κ3) is 1.96. The second kappa shape index (κ2) is 3.32. The fourth-order valence-corrected chi connectivity index (χ4v) is 1.35. The minimum atomic E-state index is -0.114. The van der Waals surface area contributed by atoms with Gasteiger partial charge in [0.2, 0.25) is 0 Å². The molecule has 1 aromatic rings. The molecular formula is C9H12N2O2. The Hall–Kier alpha value is -1.13. The molecule has 1 aliphatic rings. The quantitative estimate of drug-likeness (QED) is 0.735. The number of pyridine rings is 1. The normalized spacial score (nSPS) is 26.8. The highest BCUT2D eigenvalue weighted by Gasteiger charge is 2.26. The Labute approximate surface area is 76.7 Å². The average molecular weight is 180 g/mol. The first-order valence-electron chi connectivity index (χ1n) is 4.25. The van der Waals surface area contributed by atoms with Gasteiger partial charge in [-0.15, -0.1) is 0 Å². The Balaban J connectivity index is 1.94. The summed E-state index contributed by atoms with van der Waals surface area (Å²) in [6.45, 7) is 1.87. The molecule has 0 radical (unpaired) electrons. The molecular weight excluding hydrogens is 168 g/mol. The van der Waals surface area contributed by atoms with Crippen LogP contribution < -0.4 is 5.73 Å². The Morgan fingerprint density at radius 2 is 2.31 bits per heavy atom. The molecule has 1 saturated heterocycles. The number of nitrogen functional groups attached to an aromatic ring is 1. The molecule has 1 aromatic heterocycles. The Kier molecular flexibility index (Phi) is 2.16. The third-order valence-electron chi connectivity index (χ3n) is 1.93. The molecule has 13 heavy (non-hydrogen) atoms. The molecule has 2 rings (SSSR count). The summed E-state index contributed by atoms with van der Waals surface area (Å²) < 4.78 is 10.6. The van der Waals surface area contributed by atoms with Gasteiger partial charge in [0.05, 0.1) is 0 Å². The molecule has 0 aromatic carbocycles. The summed E-state index contributed by atoms with van der Waals surface area (Å²) in [6, 6.07) is 3.74. The molecule has 0 saturated carbocycles. The lowest BCUT2D eigenvalue weighted by Crippen LogP contribution is -2.40. The minimum Gasteiger partial charge on any atom is -0.384 e. The fraction of sp³-hybridized carbons (Fsp3) is 0.444. The maximum Gasteiger partial charge on any atom is 0.167 e. The number of nitrogens with zero attached hydrogens (tertiary/aromatic N) is 1. The van der Waals surface area contributed by atoms with E-state index in [1.807, 2.05) is 19.1 Å². The van der Waals surface area contributed by atoms with Gasteiger partial charge in [-0.25, -0.2) is 4.98 Å². The molecule has 2 N–H and O–H groups in total. The van der Waals surface area contributed by atoms with Crippen LogP contribution in [0.2, 0.25) is 0 Å². The predicted octanol–water partition coefficient (Wildman–Crippen LogP) is 0.925. The van der Waals surface area contributed by atoms with Gasteiger partial charge in [0, 0.05) is 12.6 Å². The van der Waals surface area contributed by atoms with Crippen molar-refractivity contribution in [2.75, 3.05) is 5.73 Å². The van der Waals surface area contributed by atoms with E-state index in [2.05, 4.69) is 4.98 Å². The molecule has 1 aliphatic heterocycles. The lowest BCUT2D eigenvalue weighted by Gasteiger charge is -2.33. The molecule has 0 amide bonds. The van der Waals surface area contributed by atoms with Crippen molar-refractivity contribution in [3.8, 4) is 0 Å². The molecule has 70 valence electrons. The van der Waals surface area contributed by atoms with E-state index in [4.69, 9.17) is 15.2 Å². The molecule has 2 heterocycles. The van der Waals surface area contributed by atoms with Gasteiger partial charge >= 0.3 is 0 Å². The van der Waals surface area contributed by atoms with Crippen LogP contribution in [0.5, 0.6) is 0 Å². The largest absolute Gasteiger partial charge is 0.384 e. The zero-order valence-corrected chi connectivity index (χ0v) is 7.43. The zero-order chi connectivity index (χ0) is 9.26. The molecule has 0 spiro atoms. The third-order valence-corrected chi connectivity index (χ3v) is 1.93. The number of aromatic nitrogens is 1. The maximum atomic E-state index is 5.53. The lowest BCUT2D eigenvalue weighted by atomic mass is 10.2. The van der Waals surface area contributed by atoms with Gasteiger partial charge in [0.1, 0.15) is 5.82 Å². The first-order valence-corrected chi connectivity index (χ1v) is 4.25. The number of hydrogen-bond acceptors (Lipinski definition) is 4. The predicted molar refractivity (Wildman–Crippen MR) is 47.8 cm³/mol. The smallest absolute Gasteiger partial charge is 0.167 e. The first kappa shape index (κ1) is 8.47. The van der Waals surface area contributed by atoms with Gasteiger partial charge in [-0.05, 0) is 24.6 Å². The summed E-state index contributed by atoms with van der Waals surface area (Å²) in [5.74, 6) is 0.532. The molecule has 1 fully saturated rings. The molecule has 4 nitrogen and oxygen atoms in total. The van der Waals surface area contributed by atoms with Gasteiger partial charge in [-0.2, -0.15) is 0 Å². The maximum absolute atomic E-state index is 5.53. The van der Waals surface area contributed by atoms with Gasteiger partial charge in [-0.3, -0.25) is 0 Å². The van der Waals surface area contributed by atoms with Crippen LogP contribution >= 0.6 is 0 Å². The van der Waals surface area contributed by atoms with E-state index in [9.17, 15) is 0 Å². The van der Waals surface area contributed by atoms with Crippen molar-refractivity contribution in [1.82, 2.24) is 4.98 Å². The van der Waals surface area contributed by atoms with Gasteiger partial charge < -0.3 is 15.2 Å². The fourth-order valence-electron chi connectivity index (χ4n) is 1.35. The van der Waals surface area contributed by atoms with Gasteiger partial charge in [-0.1, -0.05) is 0 Å². The van der Waals surface area contributed by atoms with Crippen LogP contribution in [0.25, 0.3) is 0 Å². The van der Waals surface area contributed by atoms with Gasteiger partial charge in [0.15, 0.2) is 12.6 Å².